The number of para-hydroxylation sites is 7. The van der Waals surface area contributed by atoms with Crippen LogP contribution in [-0.2, 0) is 22.4 Å². The SMILES string of the molecule is CC(C)c1cccc(C(C)C)c1N1[CH-]N(c2c(C(C)C)cccc2C(C)C)c2ccccc21.[Au].c1ccc2c(c1)[n-]c1ccc(-n3c4ccccc4c4ccccc43)cc12. The molecule has 307 valence electrons. The molecule has 9 aromatic rings. The van der Waals surface area contributed by atoms with E-state index in [1.54, 1.807) is 0 Å². The van der Waals surface area contributed by atoms with Crippen molar-refractivity contribution >= 4 is 66.4 Å². The minimum atomic E-state index is 0. The van der Waals surface area contributed by atoms with Crippen LogP contribution in [0, 0.1) is 6.67 Å². The van der Waals surface area contributed by atoms with E-state index in [9.17, 15) is 0 Å². The molecular weight excluding hydrogens is 914 g/mol. The van der Waals surface area contributed by atoms with Crippen molar-refractivity contribution in [3.8, 4) is 5.69 Å². The molecule has 2 aromatic heterocycles. The Morgan fingerprint density at radius 2 is 0.800 bits per heavy atom. The Hall–Kier alpha value is -5.52. The van der Waals surface area contributed by atoms with Crippen molar-refractivity contribution < 1.29 is 22.4 Å². The second-order valence-corrected chi connectivity index (χ2v) is 17.2. The summed E-state index contributed by atoms with van der Waals surface area (Å²) >= 11 is 0. The molecular formula is C55H54AuN4-2. The van der Waals surface area contributed by atoms with E-state index in [1.165, 1.54) is 83.3 Å². The number of fused-ring (bicyclic) bond motifs is 7. The van der Waals surface area contributed by atoms with Crippen LogP contribution in [0.2, 0.25) is 0 Å². The molecule has 60 heavy (non-hydrogen) atoms. The van der Waals surface area contributed by atoms with Gasteiger partial charge < -0.3 is 19.4 Å². The topological polar surface area (TPSA) is 25.5 Å². The number of aromatic nitrogens is 2. The Balaban J connectivity index is 0.000000167. The predicted octanol–water partition coefficient (Wildman–Crippen LogP) is 15.6. The number of benzene rings is 7. The quantitative estimate of drug-likeness (QED) is 0.118. The van der Waals surface area contributed by atoms with Crippen molar-refractivity contribution in [2.24, 2.45) is 0 Å². The van der Waals surface area contributed by atoms with Crippen molar-refractivity contribution in [3.05, 3.63) is 181 Å². The van der Waals surface area contributed by atoms with E-state index in [1.807, 2.05) is 6.07 Å². The Labute approximate surface area is 371 Å². The minimum absolute atomic E-state index is 0. The van der Waals surface area contributed by atoms with E-state index in [2.05, 4.69) is 222 Å². The summed E-state index contributed by atoms with van der Waals surface area (Å²) in [5.74, 6) is 1.79. The molecule has 3 heterocycles. The molecule has 0 aliphatic carbocycles. The fourth-order valence-corrected chi connectivity index (χ4v) is 9.15. The number of nitrogens with zero attached hydrogens (tertiary/aromatic N) is 4. The fourth-order valence-electron chi connectivity index (χ4n) is 9.15. The van der Waals surface area contributed by atoms with Gasteiger partial charge in [-0.2, -0.15) is 0 Å². The third-order valence-corrected chi connectivity index (χ3v) is 12.1. The molecule has 0 N–H and O–H groups in total. The number of anilines is 4. The molecule has 0 fully saturated rings. The summed E-state index contributed by atoms with van der Waals surface area (Å²) in [5.41, 5.74) is 16.5. The monoisotopic (exact) mass is 967 g/mol. The predicted molar refractivity (Wildman–Crippen MR) is 253 cm³/mol. The summed E-state index contributed by atoms with van der Waals surface area (Å²) in [4.78, 5) is 9.64. The third-order valence-electron chi connectivity index (χ3n) is 12.1. The van der Waals surface area contributed by atoms with Gasteiger partial charge in [0.1, 0.15) is 0 Å². The first-order chi connectivity index (χ1) is 28.6. The smallest absolute Gasteiger partial charge is 0.0541 e. The van der Waals surface area contributed by atoms with Gasteiger partial charge >= 0.3 is 0 Å². The second-order valence-electron chi connectivity index (χ2n) is 17.2. The van der Waals surface area contributed by atoms with E-state index in [0.29, 0.717) is 23.7 Å². The molecule has 5 heteroatoms. The summed E-state index contributed by atoms with van der Waals surface area (Å²) in [6.45, 7) is 20.7. The molecule has 0 atom stereocenters. The van der Waals surface area contributed by atoms with Gasteiger partial charge in [-0.3, -0.25) is 0 Å². The van der Waals surface area contributed by atoms with Gasteiger partial charge in [-0.05, 0) is 93.1 Å². The van der Waals surface area contributed by atoms with Crippen LogP contribution in [-0.4, -0.2) is 4.57 Å². The maximum Gasteiger partial charge on any atom is 0.0541 e. The Bertz CT molecular complexity index is 2770. The molecule has 0 saturated carbocycles. The number of rotatable bonds is 7. The minimum Gasteiger partial charge on any atom is -0.657 e. The molecule has 1 radical (unpaired) electrons. The second kappa shape index (κ2) is 16.9. The largest absolute Gasteiger partial charge is 0.657 e. The van der Waals surface area contributed by atoms with Crippen molar-refractivity contribution in [2.75, 3.05) is 9.80 Å². The van der Waals surface area contributed by atoms with E-state index < -0.39 is 0 Å². The van der Waals surface area contributed by atoms with Gasteiger partial charge in [0.05, 0.1) is 11.0 Å². The maximum atomic E-state index is 4.75. The van der Waals surface area contributed by atoms with Crippen molar-refractivity contribution in [1.82, 2.24) is 9.55 Å². The van der Waals surface area contributed by atoms with Crippen LogP contribution in [0.5, 0.6) is 0 Å². The van der Waals surface area contributed by atoms with Gasteiger partial charge in [-0.1, -0.05) is 171 Å². The first kappa shape index (κ1) is 41.2. The summed E-state index contributed by atoms with van der Waals surface area (Å²) in [5, 5.41) is 4.99. The van der Waals surface area contributed by atoms with Crippen LogP contribution in [0.15, 0.2) is 152 Å². The molecule has 1 aliphatic rings. The Morgan fingerprint density at radius 1 is 0.400 bits per heavy atom. The zero-order valence-electron chi connectivity index (χ0n) is 35.9. The summed E-state index contributed by atoms with van der Waals surface area (Å²) in [6, 6.07) is 54.6. The molecule has 1 aliphatic heterocycles. The van der Waals surface area contributed by atoms with Crippen LogP contribution in [0.25, 0.3) is 49.3 Å². The first-order valence-corrected chi connectivity index (χ1v) is 21.3. The van der Waals surface area contributed by atoms with Gasteiger partial charge in [0.25, 0.3) is 0 Å². The number of hydrogen-bond donors (Lipinski definition) is 0. The van der Waals surface area contributed by atoms with E-state index in [0.717, 1.165) is 11.0 Å². The van der Waals surface area contributed by atoms with Crippen LogP contribution in [0.1, 0.15) is 101 Å². The summed E-state index contributed by atoms with van der Waals surface area (Å²) in [6.07, 6.45) is 0. The number of hydrogen-bond acceptors (Lipinski definition) is 2. The van der Waals surface area contributed by atoms with Gasteiger partial charge in [0.15, 0.2) is 0 Å². The van der Waals surface area contributed by atoms with Gasteiger partial charge in [-0.15, -0.1) is 17.7 Å². The Morgan fingerprint density at radius 3 is 1.27 bits per heavy atom. The average molecular weight is 968 g/mol. The normalized spacial score (nSPS) is 12.7. The Kier molecular flexibility index (Phi) is 11.6. The molecule has 7 aromatic carbocycles. The zero-order chi connectivity index (χ0) is 40.9. The zero-order valence-corrected chi connectivity index (χ0v) is 38.1. The molecule has 0 bridgehead atoms. The molecule has 10 rings (SSSR count). The first-order valence-electron chi connectivity index (χ1n) is 21.3. The van der Waals surface area contributed by atoms with Gasteiger partial charge in [0, 0.05) is 61.6 Å². The van der Waals surface area contributed by atoms with E-state index in [-0.39, 0.29) is 22.4 Å². The average Bonchev–Trinajstić information content (AvgIpc) is 3.93. The fraction of sp³-hybridized carbons (Fsp3) is 0.218. The van der Waals surface area contributed by atoms with E-state index >= 15 is 0 Å². The third kappa shape index (κ3) is 7.15. The van der Waals surface area contributed by atoms with Gasteiger partial charge in [-0.25, -0.2) is 0 Å². The van der Waals surface area contributed by atoms with Crippen molar-refractivity contribution in [1.29, 1.82) is 0 Å². The molecule has 0 amide bonds. The molecule has 0 saturated heterocycles. The summed E-state index contributed by atoms with van der Waals surface area (Å²) in [7, 11) is 0. The van der Waals surface area contributed by atoms with Crippen molar-refractivity contribution in [3.63, 3.8) is 0 Å². The maximum absolute atomic E-state index is 4.75. The standard InChI is InChI=1S/C31H39N2.C24H15N2.Au/c1-20(2)24-13-11-14-25(21(3)4)30(24)32-19-33(29-18-10-9-17-28(29)32)31-26(22(5)6)15-12-16-27(31)23(7)8;1-4-10-21-17(7-1)20-15-16(13-14-22(20)25-21)26-23-11-5-2-8-18(23)19-9-3-6-12-24(19)26;/h9-23H,1-8H3;1-15H;/q2*-1;. The van der Waals surface area contributed by atoms with Crippen LogP contribution in [0.3, 0.4) is 0 Å². The molecule has 0 unspecified atom stereocenters. The summed E-state index contributed by atoms with van der Waals surface area (Å²) < 4.78 is 2.35. The molecule has 0 spiro atoms. The molecule has 4 nitrogen and oxygen atoms in total. The van der Waals surface area contributed by atoms with Crippen LogP contribution >= 0.6 is 0 Å². The van der Waals surface area contributed by atoms with Crippen LogP contribution < -0.4 is 14.8 Å². The van der Waals surface area contributed by atoms with E-state index in [4.69, 9.17) is 4.98 Å². The van der Waals surface area contributed by atoms with Gasteiger partial charge in [0.2, 0.25) is 0 Å². The van der Waals surface area contributed by atoms with Crippen LogP contribution in [0.4, 0.5) is 22.7 Å². The van der Waals surface area contributed by atoms with Crippen molar-refractivity contribution in [2.45, 2.75) is 79.1 Å².